The van der Waals surface area contributed by atoms with Crippen molar-refractivity contribution < 1.29 is 5.11 Å². The van der Waals surface area contributed by atoms with Crippen LogP contribution in [-0.2, 0) is 5.60 Å². The van der Waals surface area contributed by atoms with Gasteiger partial charge in [0.2, 0.25) is 0 Å². The number of benzene rings is 1. The summed E-state index contributed by atoms with van der Waals surface area (Å²) in [6.07, 6.45) is 7.85. The average Bonchev–Trinajstić information content (AvgIpc) is 2.28. The first-order chi connectivity index (χ1) is 8.69. The zero-order valence-electron chi connectivity index (χ0n) is 11.8. The van der Waals surface area contributed by atoms with Gasteiger partial charge in [-0.3, -0.25) is 0 Å². The third-order valence-electron chi connectivity index (χ3n) is 4.35. The third-order valence-corrected chi connectivity index (χ3v) is 4.35. The molecule has 0 saturated heterocycles. The van der Waals surface area contributed by atoms with Crippen LogP contribution in [0.25, 0.3) is 0 Å². The monoisotopic (exact) mass is 246 g/mol. The van der Waals surface area contributed by atoms with Crippen molar-refractivity contribution in [2.75, 3.05) is 0 Å². The number of rotatable bonds is 6. The zero-order valence-corrected chi connectivity index (χ0v) is 11.8. The predicted molar refractivity (Wildman–Crippen MR) is 76.7 cm³/mol. The highest BCUT2D eigenvalue weighted by molar-refractivity contribution is 5.30. The third kappa shape index (κ3) is 2.77. The fourth-order valence-electron chi connectivity index (χ4n) is 3.05. The lowest BCUT2D eigenvalue weighted by Crippen LogP contribution is -2.25. The van der Waals surface area contributed by atoms with Crippen LogP contribution in [0.3, 0.4) is 0 Å². The van der Waals surface area contributed by atoms with Gasteiger partial charge in [-0.1, -0.05) is 57.4 Å². The molecule has 0 aliphatic heterocycles. The highest BCUT2D eigenvalue weighted by Gasteiger charge is 2.27. The van der Waals surface area contributed by atoms with Crippen molar-refractivity contribution in [2.45, 2.75) is 70.3 Å². The lowest BCUT2D eigenvalue weighted by atomic mass is 9.78. The Morgan fingerprint density at radius 3 is 2.00 bits per heavy atom. The Bertz CT molecular complexity index is 356. The molecule has 0 unspecified atom stereocenters. The molecule has 0 atom stereocenters. The van der Waals surface area contributed by atoms with E-state index in [-0.39, 0.29) is 0 Å². The Kier molecular flexibility index (Phi) is 4.45. The van der Waals surface area contributed by atoms with E-state index in [1.54, 1.807) is 0 Å². The minimum Gasteiger partial charge on any atom is -0.385 e. The summed E-state index contributed by atoms with van der Waals surface area (Å²) in [4.78, 5) is 0. The number of hydrogen-bond donors (Lipinski definition) is 1. The van der Waals surface area contributed by atoms with Crippen molar-refractivity contribution in [2.24, 2.45) is 0 Å². The number of hydrogen-bond acceptors (Lipinski definition) is 1. The summed E-state index contributed by atoms with van der Waals surface area (Å²) >= 11 is 0. The summed E-state index contributed by atoms with van der Waals surface area (Å²) < 4.78 is 0. The molecule has 1 aromatic carbocycles. The van der Waals surface area contributed by atoms with Gasteiger partial charge >= 0.3 is 0 Å². The van der Waals surface area contributed by atoms with E-state index in [4.69, 9.17) is 0 Å². The molecule has 0 radical (unpaired) electrons. The van der Waals surface area contributed by atoms with Crippen molar-refractivity contribution in [1.29, 1.82) is 0 Å². The van der Waals surface area contributed by atoms with Crippen LogP contribution in [-0.4, -0.2) is 5.11 Å². The Labute approximate surface area is 111 Å². The molecular weight excluding hydrogens is 220 g/mol. The summed E-state index contributed by atoms with van der Waals surface area (Å²) in [5, 5.41) is 10.8. The van der Waals surface area contributed by atoms with Crippen LogP contribution in [0.4, 0.5) is 0 Å². The van der Waals surface area contributed by atoms with Gasteiger partial charge in [-0.25, -0.2) is 0 Å². The fraction of sp³-hybridized carbons (Fsp3) is 0.647. The highest BCUT2D eigenvalue weighted by atomic mass is 16.3. The minimum atomic E-state index is -0.609. The molecule has 0 heterocycles. The van der Waals surface area contributed by atoms with Crippen molar-refractivity contribution in [3.63, 3.8) is 0 Å². The van der Waals surface area contributed by atoms with Crippen LogP contribution in [0, 0.1) is 0 Å². The van der Waals surface area contributed by atoms with Crippen LogP contribution in [0.15, 0.2) is 24.3 Å². The fourth-order valence-corrected chi connectivity index (χ4v) is 3.05. The molecule has 100 valence electrons. The van der Waals surface area contributed by atoms with Gasteiger partial charge in [0.1, 0.15) is 0 Å². The van der Waals surface area contributed by atoms with Crippen LogP contribution in [0.5, 0.6) is 0 Å². The van der Waals surface area contributed by atoms with E-state index in [9.17, 15) is 5.11 Å². The molecule has 0 spiro atoms. The van der Waals surface area contributed by atoms with E-state index in [0.717, 1.165) is 37.2 Å². The van der Waals surface area contributed by atoms with Gasteiger partial charge in [0, 0.05) is 0 Å². The second kappa shape index (κ2) is 5.88. The Morgan fingerprint density at radius 1 is 1.06 bits per heavy atom. The molecule has 0 amide bonds. The smallest absolute Gasteiger partial charge is 0.0896 e. The van der Waals surface area contributed by atoms with E-state index >= 15 is 0 Å². The minimum absolute atomic E-state index is 0.609. The van der Waals surface area contributed by atoms with Gasteiger partial charge in [-0.05, 0) is 42.7 Å². The largest absolute Gasteiger partial charge is 0.385 e. The molecule has 1 aliphatic rings. The van der Waals surface area contributed by atoms with Crippen molar-refractivity contribution >= 4 is 0 Å². The van der Waals surface area contributed by atoms with Crippen molar-refractivity contribution in [3.8, 4) is 0 Å². The molecule has 18 heavy (non-hydrogen) atoms. The maximum Gasteiger partial charge on any atom is 0.0896 e. The summed E-state index contributed by atoms with van der Waals surface area (Å²) in [5.41, 5.74) is 1.95. The molecule has 1 aromatic rings. The molecule has 0 aromatic heterocycles. The van der Waals surface area contributed by atoms with E-state index < -0.39 is 5.60 Å². The average molecular weight is 246 g/mol. The molecular formula is C17H26O. The summed E-state index contributed by atoms with van der Waals surface area (Å²) in [5.74, 6) is 0.782. The van der Waals surface area contributed by atoms with Gasteiger partial charge in [-0.15, -0.1) is 0 Å². The van der Waals surface area contributed by atoms with E-state index in [1.165, 1.54) is 24.8 Å². The Balaban J connectivity index is 2.14. The zero-order chi connectivity index (χ0) is 13.0. The first kappa shape index (κ1) is 13.6. The van der Waals surface area contributed by atoms with E-state index in [2.05, 4.69) is 38.1 Å². The van der Waals surface area contributed by atoms with Crippen LogP contribution in [0.2, 0.25) is 0 Å². The van der Waals surface area contributed by atoms with Gasteiger partial charge < -0.3 is 5.11 Å². The second-order valence-corrected chi connectivity index (χ2v) is 5.78. The summed E-state index contributed by atoms with van der Waals surface area (Å²) in [6.45, 7) is 4.28. The van der Waals surface area contributed by atoms with Crippen LogP contribution < -0.4 is 0 Å². The second-order valence-electron chi connectivity index (χ2n) is 5.78. The molecule has 2 rings (SSSR count). The Hall–Kier alpha value is -0.820. The van der Waals surface area contributed by atoms with E-state index in [1.807, 2.05) is 0 Å². The highest BCUT2D eigenvalue weighted by Crippen LogP contribution is 2.38. The summed E-state index contributed by atoms with van der Waals surface area (Å²) in [6, 6.07) is 8.77. The van der Waals surface area contributed by atoms with Crippen LogP contribution >= 0.6 is 0 Å². The first-order valence-electron chi connectivity index (χ1n) is 7.52. The van der Waals surface area contributed by atoms with Gasteiger partial charge in [-0.2, -0.15) is 0 Å². The molecule has 1 nitrogen and oxygen atoms in total. The molecule has 1 heteroatoms. The van der Waals surface area contributed by atoms with Crippen LogP contribution in [0.1, 0.15) is 75.8 Å². The standard InChI is InChI=1S/C17H26O/c1-3-12-17(18,13-4-2)16-10-8-15(9-11-16)14-6-5-7-14/h8-11,14,18H,3-7,12-13H2,1-2H3. The number of aliphatic hydroxyl groups is 1. The van der Waals surface area contributed by atoms with Crippen molar-refractivity contribution in [3.05, 3.63) is 35.4 Å². The first-order valence-corrected chi connectivity index (χ1v) is 7.52. The lowest BCUT2D eigenvalue weighted by molar-refractivity contribution is 0.0169. The molecule has 1 aliphatic carbocycles. The van der Waals surface area contributed by atoms with Crippen molar-refractivity contribution in [1.82, 2.24) is 0 Å². The molecule has 1 N–H and O–H groups in total. The van der Waals surface area contributed by atoms with Gasteiger partial charge in [0.05, 0.1) is 5.60 Å². The lowest BCUT2D eigenvalue weighted by Gasteiger charge is -2.30. The van der Waals surface area contributed by atoms with E-state index in [0.29, 0.717) is 0 Å². The topological polar surface area (TPSA) is 20.2 Å². The maximum atomic E-state index is 10.8. The quantitative estimate of drug-likeness (QED) is 0.768. The SMILES string of the molecule is CCCC(O)(CCC)c1ccc(C2CCC2)cc1. The normalized spacial score (nSPS) is 16.6. The molecule has 0 bridgehead atoms. The maximum absolute atomic E-state index is 10.8. The molecule has 1 saturated carbocycles. The van der Waals surface area contributed by atoms with Gasteiger partial charge in [0.25, 0.3) is 0 Å². The Morgan fingerprint density at radius 2 is 1.61 bits per heavy atom. The predicted octanol–water partition coefficient (Wildman–Crippen LogP) is 4.74. The molecule has 1 fully saturated rings. The van der Waals surface area contributed by atoms with Gasteiger partial charge in [0.15, 0.2) is 0 Å². The summed E-state index contributed by atoms with van der Waals surface area (Å²) in [7, 11) is 0.